The van der Waals surface area contributed by atoms with Gasteiger partial charge in [-0.05, 0) is 23.8 Å². The van der Waals surface area contributed by atoms with Crippen LogP contribution in [0.1, 0.15) is 5.56 Å². The molecule has 5 heteroatoms. The summed E-state index contributed by atoms with van der Waals surface area (Å²) in [6.07, 6.45) is 0.943. The second kappa shape index (κ2) is 3.34. The molecule has 0 unspecified atom stereocenters. The molecule has 1 aromatic heterocycles. The summed E-state index contributed by atoms with van der Waals surface area (Å²) in [5, 5.41) is 7.66. The van der Waals surface area contributed by atoms with E-state index in [9.17, 15) is 0 Å². The van der Waals surface area contributed by atoms with Gasteiger partial charge in [0.1, 0.15) is 5.75 Å². The lowest BCUT2D eigenvalue weighted by Crippen LogP contribution is -1.85. The lowest BCUT2D eigenvalue weighted by molar-refractivity contribution is 0.357. The summed E-state index contributed by atoms with van der Waals surface area (Å²) in [4.78, 5) is 0.397. The molecule has 2 aromatic rings. The minimum atomic E-state index is 0.397. The van der Waals surface area contributed by atoms with E-state index in [1.54, 1.807) is 0 Å². The Morgan fingerprint density at radius 3 is 3.00 bits per heavy atom. The standard InChI is InChI=1S/C10H7BrN2O2/c11-10-13-12-9(15-10)7-1-2-8-6(5-7)3-4-14-8/h1-2,5H,3-4H2. The van der Waals surface area contributed by atoms with E-state index in [0.717, 1.165) is 24.3 Å². The van der Waals surface area contributed by atoms with E-state index < -0.39 is 0 Å². The van der Waals surface area contributed by atoms with Crippen LogP contribution >= 0.6 is 15.9 Å². The highest BCUT2D eigenvalue weighted by molar-refractivity contribution is 9.10. The molecule has 0 amide bonds. The molecule has 0 saturated carbocycles. The predicted molar refractivity (Wildman–Crippen MR) is 56.6 cm³/mol. The molecule has 2 heterocycles. The fraction of sp³-hybridized carbons (Fsp3) is 0.200. The largest absolute Gasteiger partial charge is 0.493 e. The van der Waals surface area contributed by atoms with Crippen LogP contribution < -0.4 is 4.74 Å². The van der Waals surface area contributed by atoms with Crippen molar-refractivity contribution in [1.82, 2.24) is 10.2 Å². The molecular weight excluding hydrogens is 260 g/mol. The zero-order chi connectivity index (χ0) is 10.3. The van der Waals surface area contributed by atoms with Crippen LogP contribution in [0, 0.1) is 0 Å². The van der Waals surface area contributed by atoms with Gasteiger partial charge < -0.3 is 9.15 Å². The van der Waals surface area contributed by atoms with Crippen LogP contribution in [0.3, 0.4) is 0 Å². The van der Waals surface area contributed by atoms with Gasteiger partial charge in [0.15, 0.2) is 0 Å². The molecule has 0 fully saturated rings. The Hall–Kier alpha value is -1.36. The Bertz CT molecular complexity index is 510. The van der Waals surface area contributed by atoms with E-state index in [-0.39, 0.29) is 0 Å². The number of hydrogen-bond donors (Lipinski definition) is 0. The summed E-state index contributed by atoms with van der Waals surface area (Å²) >= 11 is 3.13. The van der Waals surface area contributed by atoms with Gasteiger partial charge in [-0.1, -0.05) is 0 Å². The van der Waals surface area contributed by atoms with Crippen molar-refractivity contribution in [3.8, 4) is 17.2 Å². The van der Waals surface area contributed by atoms with Crippen molar-refractivity contribution >= 4 is 15.9 Å². The third-order valence-electron chi connectivity index (χ3n) is 2.34. The number of aromatic nitrogens is 2. The number of benzene rings is 1. The van der Waals surface area contributed by atoms with E-state index in [1.807, 2.05) is 18.2 Å². The van der Waals surface area contributed by atoms with Crippen LogP contribution in [-0.2, 0) is 6.42 Å². The number of ether oxygens (including phenoxy) is 1. The second-order valence-electron chi connectivity index (χ2n) is 3.28. The summed E-state index contributed by atoms with van der Waals surface area (Å²) in [7, 11) is 0. The van der Waals surface area contributed by atoms with Gasteiger partial charge in [0.05, 0.1) is 6.61 Å². The normalized spacial score (nSPS) is 13.7. The molecule has 0 radical (unpaired) electrons. The minimum Gasteiger partial charge on any atom is -0.493 e. The molecule has 15 heavy (non-hydrogen) atoms. The third kappa shape index (κ3) is 1.52. The Morgan fingerprint density at radius 2 is 2.20 bits per heavy atom. The van der Waals surface area contributed by atoms with Crippen LogP contribution in [0.15, 0.2) is 27.4 Å². The molecule has 1 aliphatic heterocycles. The summed E-state index contributed by atoms with van der Waals surface area (Å²) < 4.78 is 10.7. The van der Waals surface area contributed by atoms with Gasteiger partial charge in [-0.15, -0.1) is 10.2 Å². The molecule has 1 aliphatic rings. The van der Waals surface area contributed by atoms with E-state index in [1.165, 1.54) is 5.56 Å². The molecule has 0 bridgehead atoms. The van der Waals surface area contributed by atoms with Crippen molar-refractivity contribution in [1.29, 1.82) is 0 Å². The summed E-state index contributed by atoms with van der Waals surface area (Å²) in [6.45, 7) is 0.756. The van der Waals surface area contributed by atoms with E-state index in [0.29, 0.717) is 10.7 Å². The average Bonchev–Trinajstić information content (AvgIpc) is 2.84. The molecule has 0 aliphatic carbocycles. The molecule has 3 rings (SSSR count). The van der Waals surface area contributed by atoms with Crippen LogP contribution in [0.5, 0.6) is 5.75 Å². The summed E-state index contributed by atoms with van der Waals surface area (Å²) in [5.41, 5.74) is 2.12. The van der Waals surface area contributed by atoms with E-state index >= 15 is 0 Å². The Balaban J connectivity index is 2.06. The monoisotopic (exact) mass is 266 g/mol. The number of hydrogen-bond acceptors (Lipinski definition) is 4. The number of nitrogens with zero attached hydrogens (tertiary/aromatic N) is 2. The first kappa shape index (κ1) is 8.91. The van der Waals surface area contributed by atoms with Gasteiger partial charge in [-0.3, -0.25) is 0 Å². The first-order valence-electron chi connectivity index (χ1n) is 4.58. The number of rotatable bonds is 1. The van der Waals surface area contributed by atoms with E-state index in [2.05, 4.69) is 26.1 Å². The van der Waals surface area contributed by atoms with Crippen LogP contribution in [-0.4, -0.2) is 16.8 Å². The smallest absolute Gasteiger partial charge is 0.285 e. The molecule has 0 spiro atoms. The van der Waals surface area contributed by atoms with Gasteiger partial charge in [0.2, 0.25) is 5.89 Å². The SMILES string of the molecule is Brc1nnc(-c2ccc3c(c2)CCO3)o1. The first-order chi connectivity index (χ1) is 7.33. The second-order valence-corrected chi connectivity index (χ2v) is 3.96. The third-order valence-corrected chi connectivity index (χ3v) is 2.66. The summed E-state index contributed by atoms with van der Waals surface area (Å²) in [5.74, 6) is 1.48. The maximum Gasteiger partial charge on any atom is 0.285 e. The number of halogens is 1. The number of fused-ring (bicyclic) bond motifs is 1. The Morgan fingerprint density at radius 1 is 1.27 bits per heavy atom. The van der Waals surface area contributed by atoms with Crippen LogP contribution in [0.4, 0.5) is 0 Å². The first-order valence-corrected chi connectivity index (χ1v) is 5.37. The van der Waals surface area contributed by atoms with Crippen molar-refractivity contribution in [2.24, 2.45) is 0 Å². The Kier molecular flexibility index (Phi) is 1.98. The predicted octanol–water partition coefficient (Wildman–Crippen LogP) is 2.43. The Labute approximate surface area is 94.4 Å². The fourth-order valence-electron chi connectivity index (χ4n) is 1.64. The van der Waals surface area contributed by atoms with Crippen molar-refractivity contribution in [3.05, 3.63) is 28.6 Å². The highest BCUT2D eigenvalue weighted by atomic mass is 79.9. The van der Waals surface area contributed by atoms with Gasteiger partial charge in [-0.2, -0.15) is 0 Å². The lowest BCUT2D eigenvalue weighted by atomic mass is 10.1. The summed E-state index contributed by atoms with van der Waals surface area (Å²) in [6, 6.07) is 5.89. The molecule has 0 atom stereocenters. The zero-order valence-electron chi connectivity index (χ0n) is 7.74. The quantitative estimate of drug-likeness (QED) is 0.796. The fourth-order valence-corrected chi connectivity index (χ4v) is 1.87. The van der Waals surface area contributed by atoms with Crippen molar-refractivity contribution < 1.29 is 9.15 Å². The maximum absolute atomic E-state index is 5.42. The maximum atomic E-state index is 5.42. The highest BCUT2D eigenvalue weighted by Gasteiger charge is 2.14. The molecule has 76 valence electrons. The van der Waals surface area contributed by atoms with Crippen molar-refractivity contribution in [2.45, 2.75) is 6.42 Å². The molecule has 4 nitrogen and oxygen atoms in total. The molecule has 1 aromatic carbocycles. The van der Waals surface area contributed by atoms with Gasteiger partial charge >= 0.3 is 0 Å². The molecule has 0 saturated heterocycles. The van der Waals surface area contributed by atoms with E-state index in [4.69, 9.17) is 9.15 Å². The molecular formula is C10H7BrN2O2. The van der Waals surface area contributed by atoms with Crippen LogP contribution in [0.2, 0.25) is 0 Å². The van der Waals surface area contributed by atoms with Crippen molar-refractivity contribution in [2.75, 3.05) is 6.61 Å². The molecule has 0 N–H and O–H groups in total. The van der Waals surface area contributed by atoms with Gasteiger partial charge in [0, 0.05) is 27.9 Å². The highest BCUT2D eigenvalue weighted by Crippen LogP contribution is 2.30. The van der Waals surface area contributed by atoms with Crippen LogP contribution in [0.25, 0.3) is 11.5 Å². The zero-order valence-corrected chi connectivity index (χ0v) is 9.32. The average molecular weight is 267 g/mol. The van der Waals surface area contributed by atoms with Crippen molar-refractivity contribution in [3.63, 3.8) is 0 Å². The van der Waals surface area contributed by atoms with Gasteiger partial charge in [-0.25, -0.2) is 0 Å². The minimum absolute atomic E-state index is 0.397. The topological polar surface area (TPSA) is 48.2 Å². The lowest BCUT2D eigenvalue weighted by Gasteiger charge is -1.99. The van der Waals surface area contributed by atoms with Gasteiger partial charge in [0.25, 0.3) is 4.80 Å².